The number of amidine groups is 1. The first kappa shape index (κ1) is 15.8. The Labute approximate surface area is 141 Å². The first-order valence-corrected chi connectivity index (χ1v) is 8.11. The number of hydrogen-bond donors (Lipinski definition) is 2. The van der Waals surface area contributed by atoms with E-state index in [1.807, 2.05) is 24.3 Å². The van der Waals surface area contributed by atoms with Gasteiger partial charge in [-0.15, -0.1) is 0 Å². The number of nitrogens with two attached hydrogens (primary N) is 1. The van der Waals surface area contributed by atoms with Gasteiger partial charge in [0.15, 0.2) is 5.60 Å². The van der Waals surface area contributed by atoms with Crippen molar-refractivity contribution in [3.63, 3.8) is 0 Å². The lowest BCUT2D eigenvalue weighted by Gasteiger charge is -2.31. The average Bonchev–Trinajstić information content (AvgIpc) is 2.81. The molecule has 1 aliphatic heterocycles. The van der Waals surface area contributed by atoms with Gasteiger partial charge in [0.05, 0.1) is 5.69 Å². The zero-order valence-electron chi connectivity index (χ0n) is 13.3. The Kier molecular flexibility index (Phi) is 4.04. The van der Waals surface area contributed by atoms with Crippen molar-refractivity contribution in [2.24, 2.45) is 10.7 Å². The Bertz CT molecular complexity index is 771. The van der Waals surface area contributed by atoms with Crippen LogP contribution in [0.25, 0.3) is 0 Å². The van der Waals surface area contributed by atoms with Crippen molar-refractivity contribution >= 4 is 28.8 Å². The molecule has 3 N–H and O–H groups in total. The van der Waals surface area contributed by atoms with Crippen molar-refractivity contribution in [1.29, 1.82) is 0 Å². The van der Waals surface area contributed by atoms with Crippen LogP contribution < -0.4 is 10.6 Å². The maximum atomic E-state index is 11.5. The van der Waals surface area contributed by atoms with Crippen molar-refractivity contribution in [3.8, 4) is 0 Å². The molecular formula is C18H20ClN3O. The second kappa shape index (κ2) is 5.87. The van der Waals surface area contributed by atoms with Crippen molar-refractivity contribution in [2.75, 3.05) is 18.0 Å². The van der Waals surface area contributed by atoms with E-state index in [4.69, 9.17) is 17.3 Å². The molecule has 2 aromatic rings. The predicted molar refractivity (Wildman–Crippen MR) is 95.7 cm³/mol. The molecule has 0 amide bonds. The summed E-state index contributed by atoms with van der Waals surface area (Å²) in [6, 6.07) is 13.0. The van der Waals surface area contributed by atoms with Gasteiger partial charge in [0.2, 0.25) is 0 Å². The summed E-state index contributed by atoms with van der Waals surface area (Å²) in [4.78, 5) is 6.53. The Morgan fingerprint density at radius 2 is 1.83 bits per heavy atom. The second-order valence-electron chi connectivity index (χ2n) is 5.56. The van der Waals surface area contributed by atoms with Crippen LogP contribution in [0.2, 0.25) is 5.02 Å². The highest BCUT2D eigenvalue weighted by molar-refractivity contribution is 6.30. The number of fused-ring (bicyclic) bond motifs is 1. The highest BCUT2D eigenvalue weighted by Gasteiger charge is 2.44. The fraction of sp³-hybridized carbons (Fsp3) is 0.278. The number of aliphatic hydroxyl groups is 1. The van der Waals surface area contributed by atoms with E-state index in [0.29, 0.717) is 16.3 Å². The highest BCUT2D eigenvalue weighted by Crippen LogP contribution is 2.45. The van der Waals surface area contributed by atoms with E-state index in [0.717, 1.165) is 24.3 Å². The first-order valence-electron chi connectivity index (χ1n) is 7.73. The van der Waals surface area contributed by atoms with Crippen molar-refractivity contribution < 1.29 is 5.11 Å². The molecule has 5 heteroatoms. The maximum absolute atomic E-state index is 11.5. The lowest BCUT2D eigenvalue weighted by molar-refractivity contribution is 0.159. The number of hydrogen-bond acceptors (Lipinski definition) is 4. The van der Waals surface area contributed by atoms with Gasteiger partial charge >= 0.3 is 0 Å². The second-order valence-corrected chi connectivity index (χ2v) is 5.99. The molecule has 23 heavy (non-hydrogen) atoms. The number of para-hydroxylation sites is 1. The maximum Gasteiger partial charge on any atom is 0.176 e. The molecule has 0 aliphatic carbocycles. The molecule has 4 nitrogen and oxygen atoms in total. The lowest BCUT2D eigenvalue weighted by Crippen LogP contribution is -2.41. The van der Waals surface area contributed by atoms with E-state index in [-0.39, 0.29) is 5.84 Å². The zero-order valence-corrected chi connectivity index (χ0v) is 14.0. The fourth-order valence-electron chi connectivity index (χ4n) is 3.15. The molecule has 0 bridgehead atoms. The summed E-state index contributed by atoms with van der Waals surface area (Å²) >= 11 is 6.13. The Hall–Kier alpha value is -2.04. The molecule has 0 saturated carbocycles. The van der Waals surface area contributed by atoms with Gasteiger partial charge in [0.25, 0.3) is 0 Å². The van der Waals surface area contributed by atoms with E-state index in [2.05, 4.69) is 23.7 Å². The Morgan fingerprint density at radius 3 is 2.52 bits per heavy atom. The SMILES string of the molecule is CCN(CC)c1ccccc1C1(O)C(N)=Nc2ccc(Cl)cc21. The summed E-state index contributed by atoms with van der Waals surface area (Å²) in [6.07, 6.45) is 0. The van der Waals surface area contributed by atoms with Gasteiger partial charge in [-0.05, 0) is 38.1 Å². The minimum absolute atomic E-state index is 0.175. The van der Waals surface area contributed by atoms with E-state index >= 15 is 0 Å². The third kappa shape index (κ3) is 2.38. The lowest BCUT2D eigenvalue weighted by atomic mass is 9.85. The highest BCUT2D eigenvalue weighted by atomic mass is 35.5. The zero-order chi connectivity index (χ0) is 16.6. The standard InChI is InChI=1S/C18H20ClN3O/c1-3-22(4-2)16-8-6-5-7-13(16)18(23)14-11-12(19)9-10-15(14)21-17(18)20/h5-11,23H,3-4H2,1-2H3,(H2,20,21). The van der Waals surface area contributed by atoms with Gasteiger partial charge in [-0.2, -0.15) is 0 Å². The summed E-state index contributed by atoms with van der Waals surface area (Å²) in [7, 11) is 0. The molecule has 0 saturated heterocycles. The largest absolute Gasteiger partial charge is 0.384 e. The van der Waals surface area contributed by atoms with E-state index in [1.54, 1.807) is 18.2 Å². The first-order chi connectivity index (χ1) is 11.0. The summed E-state index contributed by atoms with van der Waals surface area (Å²) in [5, 5.41) is 12.0. The van der Waals surface area contributed by atoms with Gasteiger partial charge < -0.3 is 15.7 Å². The van der Waals surface area contributed by atoms with Crippen LogP contribution in [0.3, 0.4) is 0 Å². The van der Waals surface area contributed by atoms with Crippen LogP contribution in [-0.4, -0.2) is 24.0 Å². The van der Waals surface area contributed by atoms with Gasteiger partial charge in [-0.3, -0.25) is 0 Å². The number of benzene rings is 2. The van der Waals surface area contributed by atoms with Crippen LogP contribution in [-0.2, 0) is 5.60 Å². The Morgan fingerprint density at radius 1 is 1.13 bits per heavy atom. The van der Waals surface area contributed by atoms with Crippen LogP contribution in [0.4, 0.5) is 11.4 Å². The third-order valence-electron chi connectivity index (χ3n) is 4.36. The summed E-state index contributed by atoms with van der Waals surface area (Å²) < 4.78 is 0. The average molecular weight is 330 g/mol. The third-order valence-corrected chi connectivity index (χ3v) is 4.59. The smallest absolute Gasteiger partial charge is 0.176 e. The van der Waals surface area contributed by atoms with Crippen molar-refractivity contribution in [1.82, 2.24) is 0 Å². The molecule has 0 radical (unpaired) electrons. The topological polar surface area (TPSA) is 61.8 Å². The number of nitrogens with zero attached hydrogens (tertiary/aromatic N) is 2. The predicted octanol–water partition coefficient (Wildman–Crippen LogP) is 3.42. The quantitative estimate of drug-likeness (QED) is 0.903. The van der Waals surface area contributed by atoms with Crippen LogP contribution in [0.15, 0.2) is 47.5 Å². The molecule has 0 aromatic heterocycles. The molecule has 3 rings (SSSR count). The molecule has 1 heterocycles. The summed E-state index contributed by atoms with van der Waals surface area (Å²) in [5.41, 5.74) is 7.64. The number of rotatable bonds is 4. The molecule has 0 fully saturated rings. The molecular weight excluding hydrogens is 310 g/mol. The fourth-order valence-corrected chi connectivity index (χ4v) is 3.32. The number of anilines is 1. The summed E-state index contributed by atoms with van der Waals surface area (Å²) in [6.45, 7) is 5.84. The van der Waals surface area contributed by atoms with Crippen LogP contribution >= 0.6 is 11.6 Å². The molecule has 1 aliphatic rings. The van der Waals surface area contributed by atoms with Crippen LogP contribution in [0.1, 0.15) is 25.0 Å². The molecule has 0 spiro atoms. The normalized spacial score (nSPS) is 19.4. The minimum Gasteiger partial charge on any atom is -0.384 e. The van der Waals surface area contributed by atoms with E-state index in [1.165, 1.54) is 0 Å². The van der Waals surface area contributed by atoms with Gasteiger partial charge in [0.1, 0.15) is 5.84 Å². The van der Waals surface area contributed by atoms with Gasteiger partial charge in [0, 0.05) is 34.9 Å². The number of halogens is 1. The van der Waals surface area contributed by atoms with E-state index in [9.17, 15) is 5.11 Å². The van der Waals surface area contributed by atoms with Crippen LogP contribution in [0.5, 0.6) is 0 Å². The number of aliphatic imine (C=N–C) groups is 1. The molecule has 1 unspecified atom stereocenters. The minimum atomic E-state index is -1.46. The monoisotopic (exact) mass is 329 g/mol. The van der Waals surface area contributed by atoms with E-state index < -0.39 is 5.60 Å². The van der Waals surface area contributed by atoms with Crippen molar-refractivity contribution in [3.05, 3.63) is 58.6 Å². The molecule has 120 valence electrons. The molecule has 2 aromatic carbocycles. The molecule has 1 atom stereocenters. The van der Waals surface area contributed by atoms with Gasteiger partial charge in [-0.1, -0.05) is 29.8 Å². The Balaban J connectivity index is 2.24. The van der Waals surface area contributed by atoms with Crippen LogP contribution in [0, 0.1) is 0 Å². The van der Waals surface area contributed by atoms with Gasteiger partial charge in [-0.25, -0.2) is 4.99 Å². The van der Waals surface area contributed by atoms with Crippen molar-refractivity contribution in [2.45, 2.75) is 19.4 Å². The summed E-state index contributed by atoms with van der Waals surface area (Å²) in [5.74, 6) is 0.175.